The van der Waals surface area contributed by atoms with Crippen LogP contribution in [0.4, 0.5) is 13.2 Å². The van der Waals surface area contributed by atoms with Crippen molar-refractivity contribution in [2.45, 2.75) is 25.6 Å². The minimum Gasteiger partial charge on any atom is -0.475 e. The second-order valence-electron chi connectivity index (χ2n) is 3.89. The van der Waals surface area contributed by atoms with Gasteiger partial charge in [0.25, 0.3) is 0 Å². The molecule has 96 valence electrons. The van der Waals surface area contributed by atoms with E-state index >= 15 is 0 Å². The van der Waals surface area contributed by atoms with Gasteiger partial charge in [-0.3, -0.25) is 0 Å². The fraction of sp³-hybridized carbons (Fsp3) is 0.364. The number of nitrogens with two attached hydrogens (primary N) is 1. The Labute approximate surface area is 97.1 Å². The zero-order chi connectivity index (χ0) is 13.7. The lowest BCUT2D eigenvalue weighted by Crippen LogP contribution is -2.28. The molecule has 6 heteroatoms. The maximum Gasteiger partial charge on any atom is 0.490 e. The van der Waals surface area contributed by atoms with Gasteiger partial charge in [-0.25, -0.2) is 4.79 Å². The number of benzene rings is 1. The highest BCUT2D eigenvalue weighted by Gasteiger charge is 2.38. The normalized spacial score (nSPS) is 11.4. The van der Waals surface area contributed by atoms with Gasteiger partial charge in [0.1, 0.15) is 0 Å². The van der Waals surface area contributed by atoms with Crippen LogP contribution in [0, 0.1) is 0 Å². The zero-order valence-corrected chi connectivity index (χ0v) is 9.45. The summed E-state index contributed by atoms with van der Waals surface area (Å²) in [6.07, 6.45) is -5.08. The van der Waals surface area contributed by atoms with Crippen molar-refractivity contribution in [1.29, 1.82) is 0 Å². The first-order valence-electron chi connectivity index (χ1n) is 4.69. The van der Waals surface area contributed by atoms with Crippen LogP contribution >= 0.6 is 0 Å². The van der Waals surface area contributed by atoms with Gasteiger partial charge in [0.2, 0.25) is 0 Å². The van der Waals surface area contributed by atoms with Crippen LogP contribution in [0.1, 0.15) is 19.4 Å². The molecule has 1 aromatic carbocycles. The molecule has 17 heavy (non-hydrogen) atoms. The van der Waals surface area contributed by atoms with Crippen LogP contribution in [-0.4, -0.2) is 17.3 Å². The van der Waals surface area contributed by atoms with Crippen LogP contribution in [0.3, 0.4) is 0 Å². The van der Waals surface area contributed by atoms with Crippen molar-refractivity contribution in [2.75, 3.05) is 0 Å². The van der Waals surface area contributed by atoms with Crippen molar-refractivity contribution in [1.82, 2.24) is 0 Å². The molecule has 0 saturated carbocycles. The molecule has 0 amide bonds. The Bertz CT molecular complexity index is 355. The van der Waals surface area contributed by atoms with Crippen molar-refractivity contribution in [3.8, 4) is 0 Å². The van der Waals surface area contributed by atoms with Crippen LogP contribution in [0.25, 0.3) is 0 Å². The molecule has 0 aliphatic heterocycles. The predicted molar refractivity (Wildman–Crippen MR) is 57.3 cm³/mol. The molecular weight excluding hydrogens is 235 g/mol. The Balaban J connectivity index is 0.000000325. The first-order chi connectivity index (χ1) is 7.55. The van der Waals surface area contributed by atoms with E-state index in [9.17, 15) is 13.2 Å². The van der Waals surface area contributed by atoms with Crippen LogP contribution < -0.4 is 5.73 Å². The van der Waals surface area contributed by atoms with E-state index in [1.54, 1.807) is 0 Å². The highest BCUT2D eigenvalue weighted by molar-refractivity contribution is 5.73. The summed E-state index contributed by atoms with van der Waals surface area (Å²) in [5, 5.41) is 7.12. The van der Waals surface area contributed by atoms with E-state index in [1.165, 1.54) is 5.56 Å². The van der Waals surface area contributed by atoms with Crippen LogP contribution in [0.15, 0.2) is 30.3 Å². The maximum atomic E-state index is 10.6. The van der Waals surface area contributed by atoms with Gasteiger partial charge in [-0.1, -0.05) is 30.3 Å². The quantitative estimate of drug-likeness (QED) is 0.803. The van der Waals surface area contributed by atoms with Crippen molar-refractivity contribution >= 4 is 5.97 Å². The molecule has 0 spiro atoms. The average molecular weight is 249 g/mol. The van der Waals surface area contributed by atoms with Gasteiger partial charge in [0.05, 0.1) is 0 Å². The fourth-order valence-corrected chi connectivity index (χ4v) is 0.868. The summed E-state index contributed by atoms with van der Waals surface area (Å²) in [6, 6.07) is 10.1. The second-order valence-corrected chi connectivity index (χ2v) is 3.89. The SMILES string of the molecule is CC(C)(N)c1ccccc1.O=C(O)C(F)(F)F. The smallest absolute Gasteiger partial charge is 0.475 e. The Morgan fingerprint density at radius 3 is 1.71 bits per heavy atom. The highest BCUT2D eigenvalue weighted by atomic mass is 19.4. The average Bonchev–Trinajstić information content (AvgIpc) is 2.17. The maximum absolute atomic E-state index is 10.6. The molecule has 0 fully saturated rings. The first-order valence-corrected chi connectivity index (χ1v) is 4.69. The van der Waals surface area contributed by atoms with Crippen LogP contribution in [0.5, 0.6) is 0 Å². The van der Waals surface area contributed by atoms with Gasteiger partial charge < -0.3 is 10.8 Å². The number of alkyl halides is 3. The molecule has 0 unspecified atom stereocenters. The van der Waals surface area contributed by atoms with Gasteiger partial charge in [-0.15, -0.1) is 0 Å². The molecule has 0 aromatic heterocycles. The Kier molecular flexibility index (Phi) is 5.15. The number of rotatable bonds is 1. The van der Waals surface area contributed by atoms with Crippen LogP contribution in [0.2, 0.25) is 0 Å². The molecular formula is C11H14F3NO2. The molecule has 3 N–H and O–H groups in total. The van der Waals surface area contributed by atoms with Crippen molar-refractivity contribution in [3.63, 3.8) is 0 Å². The lowest BCUT2D eigenvalue weighted by molar-refractivity contribution is -0.192. The molecule has 0 aliphatic carbocycles. The standard InChI is InChI=1S/C9H13N.C2HF3O2/c1-9(2,10)8-6-4-3-5-7-8;3-2(4,5)1(6)7/h3-7H,10H2,1-2H3;(H,6,7). The number of aliphatic carboxylic acids is 1. The minimum absolute atomic E-state index is 0.207. The van der Waals surface area contributed by atoms with E-state index < -0.39 is 12.1 Å². The lowest BCUT2D eigenvalue weighted by atomic mass is 9.96. The first kappa shape index (κ1) is 15.4. The molecule has 0 bridgehead atoms. The summed E-state index contributed by atoms with van der Waals surface area (Å²) >= 11 is 0. The Morgan fingerprint density at radius 1 is 1.18 bits per heavy atom. The molecule has 0 radical (unpaired) electrons. The van der Waals surface area contributed by atoms with Gasteiger partial charge in [-0.05, 0) is 19.4 Å². The van der Waals surface area contributed by atoms with Crippen molar-refractivity contribution in [2.24, 2.45) is 5.73 Å². The molecule has 1 aromatic rings. The molecule has 0 aliphatic rings. The summed E-state index contributed by atoms with van der Waals surface area (Å²) < 4.78 is 31.7. The number of hydrogen-bond acceptors (Lipinski definition) is 2. The monoisotopic (exact) mass is 249 g/mol. The van der Waals surface area contributed by atoms with Crippen LogP contribution in [-0.2, 0) is 10.3 Å². The summed E-state index contributed by atoms with van der Waals surface area (Å²) in [7, 11) is 0. The van der Waals surface area contributed by atoms with Gasteiger partial charge in [0, 0.05) is 5.54 Å². The van der Waals surface area contributed by atoms with E-state index in [-0.39, 0.29) is 5.54 Å². The summed E-state index contributed by atoms with van der Waals surface area (Å²) in [5.41, 5.74) is 6.83. The zero-order valence-electron chi connectivity index (χ0n) is 9.45. The van der Waals surface area contributed by atoms with E-state index in [4.69, 9.17) is 15.6 Å². The molecule has 0 heterocycles. The van der Waals surface area contributed by atoms with E-state index in [0.717, 1.165) is 0 Å². The van der Waals surface area contributed by atoms with E-state index in [1.807, 2.05) is 44.2 Å². The number of hydrogen-bond donors (Lipinski definition) is 2. The summed E-state index contributed by atoms with van der Waals surface area (Å²) in [5.74, 6) is -2.76. The lowest BCUT2D eigenvalue weighted by Gasteiger charge is -2.18. The van der Waals surface area contributed by atoms with Crippen molar-refractivity contribution < 1.29 is 23.1 Å². The molecule has 0 atom stereocenters. The Morgan fingerprint density at radius 2 is 1.53 bits per heavy atom. The topological polar surface area (TPSA) is 63.3 Å². The highest BCUT2D eigenvalue weighted by Crippen LogP contribution is 2.14. The third-order valence-corrected chi connectivity index (χ3v) is 1.76. The third-order valence-electron chi connectivity index (χ3n) is 1.76. The molecule has 1 rings (SSSR count). The van der Waals surface area contributed by atoms with Crippen molar-refractivity contribution in [3.05, 3.63) is 35.9 Å². The number of halogens is 3. The fourth-order valence-electron chi connectivity index (χ4n) is 0.868. The summed E-state index contributed by atoms with van der Waals surface area (Å²) in [6.45, 7) is 4.00. The Hall–Kier alpha value is -1.56. The number of carbonyl (C=O) groups is 1. The second kappa shape index (κ2) is 5.67. The third kappa shape index (κ3) is 6.57. The number of carboxylic acid groups (broad SMARTS) is 1. The number of carboxylic acids is 1. The van der Waals surface area contributed by atoms with E-state index in [2.05, 4.69) is 0 Å². The predicted octanol–water partition coefficient (Wildman–Crippen LogP) is 2.51. The summed E-state index contributed by atoms with van der Waals surface area (Å²) in [4.78, 5) is 8.90. The molecule has 0 saturated heterocycles. The van der Waals surface area contributed by atoms with Gasteiger partial charge >= 0.3 is 12.1 Å². The minimum atomic E-state index is -5.08. The van der Waals surface area contributed by atoms with Gasteiger partial charge in [0.15, 0.2) is 0 Å². The molecule has 3 nitrogen and oxygen atoms in total. The van der Waals surface area contributed by atoms with Gasteiger partial charge in [-0.2, -0.15) is 13.2 Å². The van der Waals surface area contributed by atoms with E-state index in [0.29, 0.717) is 0 Å². The largest absolute Gasteiger partial charge is 0.490 e.